The second kappa shape index (κ2) is 7.79. The molecule has 2 aromatic carbocycles. The average molecular weight is 366 g/mol. The predicted octanol–water partition coefficient (Wildman–Crippen LogP) is 1.60. The van der Waals surface area contributed by atoms with Crippen molar-refractivity contribution in [2.75, 3.05) is 6.61 Å². The van der Waals surface area contributed by atoms with Gasteiger partial charge in [0, 0.05) is 5.02 Å². The SMILES string of the molecule is N#Cc1cccc(S(=O)(=O)NNC(=O)COc2ccc(Cl)cc2)c1. The van der Waals surface area contributed by atoms with E-state index in [1.807, 2.05) is 16.3 Å². The van der Waals surface area contributed by atoms with E-state index >= 15 is 0 Å². The molecule has 0 saturated carbocycles. The maximum Gasteiger partial charge on any atom is 0.272 e. The molecular weight excluding hydrogens is 354 g/mol. The fraction of sp³-hybridized carbons (Fsp3) is 0.0667. The molecule has 9 heteroatoms. The summed E-state index contributed by atoms with van der Waals surface area (Å²) >= 11 is 5.72. The van der Waals surface area contributed by atoms with Crippen molar-refractivity contribution in [2.45, 2.75) is 4.90 Å². The third kappa shape index (κ3) is 4.96. The van der Waals surface area contributed by atoms with Crippen LogP contribution < -0.4 is 15.0 Å². The Bertz CT molecular complexity index is 876. The maximum absolute atomic E-state index is 12.0. The molecule has 0 heterocycles. The molecule has 2 aromatic rings. The van der Waals surface area contributed by atoms with E-state index in [0.29, 0.717) is 10.8 Å². The van der Waals surface area contributed by atoms with E-state index in [9.17, 15) is 13.2 Å². The minimum absolute atomic E-state index is 0.138. The van der Waals surface area contributed by atoms with Crippen LogP contribution in [0.2, 0.25) is 5.02 Å². The number of sulfonamides is 1. The van der Waals surface area contributed by atoms with Gasteiger partial charge >= 0.3 is 0 Å². The summed E-state index contributed by atoms with van der Waals surface area (Å²) in [6.07, 6.45) is 0. The van der Waals surface area contributed by atoms with Crippen molar-refractivity contribution in [3.05, 3.63) is 59.1 Å². The monoisotopic (exact) mass is 365 g/mol. The number of benzene rings is 2. The molecule has 0 aliphatic rings. The Kier molecular flexibility index (Phi) is 5.76. The number of nitrogens with one attached hydrogen (secondary N) is 2. The fourth-order valence-electron chi connectivity index (χ4n) is 1.63. The summed E-state index contributed by atoms with van der Waals surface area (Å²) in [5.41, 5.74) is 2.22. The minimum atomic E-state index is -3.98. The van der Waals surface area contributed by atoms with Crippen molar-refractivity contribution in [3.8, 4) is 11.8 Å². The second-order valence-electron chi connectivity index (χ2n) is 4.54. The van der Waals surface area contributed by atoms with Crippen molar-refractivity contribution in [3.63, 3.8) is 0 Å². The Morgan fingerprint density at radius 1 is 1.21 bits per heavy atom. The van der Waals surface area contributed by atoms with Crippen molar-refractivity contribution >= 4 is 27.5 Å². The molecule has 0 atom stereocenters. The van der Waals surface area contributed by atoms with E-state index in [1.165, 1.54) is 24.3 Å². The third-order valence-electron chi connectivity index (χ3n) is 2.78. The van der Waals surface area contributed by atoms with Crippen LogP contribution >= 0.6 is 11.6 Å². The molecule has 2 rings (SSSR count). The lowest BCUT2D eigenvalue weighted by atomic mass is 10.2. The summed E-state index contributed by atoms with van der Waals surface area (Å²) in [5.74, 6) is -0.274. The predicted molar refractivity (Wildman–Crippen MR) is 86.6 cm³/mol. The van der Waals surface area contributed by atoms with Gasteiger partial charge in [-0.3, -0.25) is 10.2 Å². The van der Waals surface area contributed by atoms with Gasteiger partial charge in [-0.15, -0.1) is 4.83 Å². The number of hydrogen-bond donors (Lipinski definition) is 2. The highest BCUT2D eigenvalue weighted by Gasteiger charge is 2.15. The zero-order chi connectivity index (χ0) is 17.6. The summed E-state index contributed by atoms with van der Waals surface area (Å²) in [4.78, 5) is 13.4. The topological polar surface area (TPSA) is 108 Å². The van der Waals surface area contributed by atoms with Crippen molar-refractivity contribution in [1.29, 1.82) is 5.26 Å². The van der Waals surface area contributed by atoms with Crippen molar-refractivity contribution < 1.29 is 17.9 Å². The van der Waals surface area contributed by atoms with E-state index in [0.717, 1.165) is 0 Å². The lowest BCUT2D eigenvalue weighted by Crippen LogP contribution is -2.43. The fourth-order valence-corrected chi connectivity index (χ4v) is 2.66. The van der Waals surface area contributed by atoms with Gasteiger partial charge in [-0.1, -0.05) is 17.7 Å². The summed E-state index contributed by atoms with van der Waals surface area (Å²) < 4.78 is 29.2. The molecule has 0 aromatic heterocycles. The van der Waals surface area contributed by atoms with Crippen molar-refractivity contribution in [2.24, 2.45) is 0 Å². The molecule has 0 unspecified atom stereocenters. The van der Waals surface area contributed by atoms with Gasteiger partial charge in [-0.2, -0.15) is 5.26 Å². The van der Waals surface area contributed by atoms with E-state index < -0.39 is 15.9 Å². The normalized spacial score (nSPS) is 10.7. The first-order chi connectivity index (χ1) is 11.4. The molecule has 0 fully saturated rings. The zero-order valence-electron chi connectivity index (χ0n) is 12.2. The van der Waals surface area contributed by atoms with Crippen LogP contribution in [0.25, 0.3) is 0 Å². The van der Waals surface area contributed by atoms with Crippen LogP contribution in [0.15, 0.2) is 53.4 Å². The van der Waals surface area contributed by atoms with Crippen LogP contribution in [0.3, 0.4) is 0 Å². The number of hydrazine groups is 1. The molecule has 124 valence electrons. The highest BCUT2D eigenvalue weighted by molar-refractivity contribution is 7.89. The lowest BCUT2D eigenvalue weighted by molar-refractivity contribution is -0.123. The van der Waals surface area contributed by atoms with E-state index in [1.54, 1.807) is 24.3 Å². The van der Waals surface area contributed by atoms with Gasteiger partial charge in [0.05, 0.1) is 16.5 Å². The Hall–Kier alpha value is -2.60. The lowest BCUT2D eigenvalue weighted by Gasteiger charge is -2.09. The standard InChI is InChI=1S/C15H12ClN3O4S/c16-12-4-6-13(7-5-12)23-10-15(20)18-19-24(21,22)14-3-1-2-11(8-14)9-17/h1-8,19H,10H2,(H,18,20). The molecule has 0 aliphatic heterocycles. The average Bonchev–Trinajstić information content (AvgIpc) is 2.59. The molecule has 0 spiro atoms. The number of halogens is 1. The molecule has 1 amide bonds. The zero-order valence-corrected chi connectivity index (χ0v) is 13.8. The van der Waals surface area contributed by atoms with Crippen molar-refractivity contribution in [1.82, 2.24) is 10.3 Å². The smallest absolute Gasteiger partial charge is 0.272 e. The Labute approximate surface area is 143 Å². The van der Waals surface area contributed by atoms with Gasteiger partial charge in [0.25, 0.3) is 15.9 Å². The van der Waals surface area contributed by atoms with Crippen LogP contribution in [0.1, 0.15) is 5.56 Å². The molecule has 24 heavy (non-hydrogen) atoms. The maximum atomic E-state index is 12.0. The number of nitrogens with zero attached hydrogens (tertiary/aromatic N) is 1. The number of hydrogen-bond acceptors (Lipinski definition) is 5. The molecule has 0 bridgehead atoms. The van der Waals surface area contributed by atoms with E-state index in [2.05, 4.69) is 0 Å². The Morgan fingerprint density at radius 3 is 2.58 bits per heavy atom. The van der Waals surface area contributed by atoms with E-state index in [-0.39, 0.29) is 17.1 Å². The number of rotatable bonds is 6. The Balaban J connectivity index is 1.90. The molecule has 0 saturated heterocycles. The van der Waals surface area contributed by atoms with Crippen LogP contribution in [-0.4, -0.2) is 20.9 Å². The number of amides is 1. The molecular formula is C15H12ClN3O4S. The summed E-state index contributed by atoms with van der Waals surface area (Å²) in [5, 5.41) is 9.31. The van der Waals surface area contributed by atoms with Gasteiger partial charge < -0.3 is 4.74 Å². The summed E-state index contributed by atoms with van der Waals surface area (Å²) in [6.45, 7) is -0.387. The second-order valence-corrected chi connectivity index (χ2v) is 6.65. The first-order valence-corrected chi connectivity index (χ1v) is 8.46. The number of nitriles is 1. The highest BCUT2D eigenvalue weighted by Crippen LogP contribution is 2.15. The van der Waals surface area contributed by atoms with Crippen LogP contribution in [0, 0.1) is 11.3 Å². The summed E-state index contributed by atoms with van der Waals surface area (Å²) in [7, 11) is -3.98. The van der Waals surface area contributed by atoms with Crippen LogP contribution in [-0.2, 0) is 14.8 Å². The Morgan fingerprint density at radius 2 is 1.92 bits per heavy atom. The van der Waals surface area contributed by atoms with Gasteiger partial charge in [0.15, 0.2) is 6.61 Å². The number of carbonyl (C=O) groups is 1. The number of ether oxygens (including phenoxy) is 1. The largest absolute Gasteiger partial charge is 0.484 e. The van der Waals surface area contributed by atoms with Crippen LogP contribution in [0.5, 0.6) is 5.75 Å². The summed E-state index contributed by atoms with van der Waals surface area (Å²) in [6, 6.07) is 13.6. The van der Waals surface area contributed by atoms with Gasteiger partial charge in [0.1, 0.15) is 5.75 Å². The quantitative estimate of drug-likeness (QED) is 0.756. The van der Waals surface area contributed by atoms with Crippen LogP contribution in [0.4, 0.5) is 0 Å². The third-order valence-corrected chi connectivity index (χ3v) is 4.28. The first-order valence-electron chi connectivity index (χ1n) is 6.60. The van der Waals surface area contributed by atoms with Gasteiger partial charge in [-0.05, 0) is 42.5 Å². The van der Waals surface area contributed by atoms with Gasteiger partial charge in [0.2, 0.25) is 0 Å². The highest BCUT2D eigenvalue weighted by atomic mass is 35.5. The molecule has 0 radical (unpaired) electrons. The van der Waals surface area contributed by atoms with E-state index in [4.69, 9.17) is 21.6 Å². The molecule has 0 aliphatic carbocycles. The molecule has 7 nitrogen and oxygen atoms in total. The first kappa shape index (κ1) is 17.7. The molecule has 2 N–H and O–H groups in total. The van der Waals surface area contributed by atoms with Gasteiger partial charge in [-0.25, -0.2) is 8.42 Å². The minimum Gasteiger partial charge on any atom is -0.484 e. The number of carbonyl (C=O) groups excluding carboxylic acids is 1.